The number of aromatic amines is 1. The van der Waals surface area contributed by atoms with Crippen LogP contribution in [0.15, 0.2) is 95.0 Å². The van der Waals surface area contributed by atoms with Crippen molar-refractivity contribution in [3.8, 4) is 0 Å². The zero-order valence-corrected chi connectivity index (χ0v) is 19.0. The van der Waals surface area contributed by atoms with E-state index in [2.05, 4.69) is 15.2 Å². The van der Waals surface area contributed by atoms with Crippen molar-refractivity contribution in [2.75, 3.05) is 0 Å². The van der Waals surface area contributed by atoms with Crippen LogP contribution < -0.4 is 5.56 Å². The number of carbonyl (C=O) groups excluding carboxylic acids is 1. The van der Waals surface area contributed by atoms with Crippen LogP contribution in [0.3, 0.4) is 0 Å². The summed E-state index contributed by atoms with van der Waals surface area (Å²) in [6.07, 6.45) is 1.77. The number of nitrogens with one attached hydrogen (secondary N) is 1. The van der Waals surface area contributed by atoms with Crippen molar-refractivity contribution in [2.24, 2.45) is 7.05 Å². The fourth-order valence-electron chi connectivity index (χ4n) is 4.31. The summed E-state index contributed by atoms with van der Waals surface area (Å²) in [4.78, 5) is 29.9. The minimum Gasteiger partial charge on any atom is -0.360 e. The Bertz CT molecular complexity index is 1750. The Morgan fingerprint density at radius 3 is 2.44 bits per heavy atom. The number of Topliss-reactive ketones (excluding diaryl/α,β-unsaturated/α-hetero) is 1. The van der Waals surface area contributed by atoms with Crippen LogP contribution in [0.5, 0.6) is 0 Å². The maximum Gasteiger partial charge on any atom is 0.262 e. The number of rotatable bonds is 5. The highest BCUT2D eigenvalue weighted by Crippen LogP contribution is 2.39. The van der Waals surface area contributed by atoms with Gasteiger partial charge >= 0.3 is 0 Å². The third-order valence-corrected chi connectivity index (χ3v) is 7.21. The number of fused-ring (bicyclic) bond motifs is 4. The standard InChI is InChI=1S/C26H19N5O2S/c1-30-24(33)18-12-6-8-14-21(18)31-25(30)28-29-26(31)34-23(16-9-3-2-4-10-16)22(32)19-15-27-20-13-7-5-11-17(19)20/h2-15,23,27H,1H3. The first kappa shape index (κ1) is 20.4. The molecule has 3 aromatic carbocycles. The highest BCUT2D eigenvalue weighted by Gasteiger charge is 2.28. The van der Waals surface area contributed by atoms with E-state index in [1.165, 1.54) is 16.3 Å². The SMILES string of the molecule is Cn1c(=O)c2ccccc2n2c(SC(C(=O)c3c[nH]c4ccccc34)c3ccccc3)nnc12. The Hall–Kier alpha value is -4.17. The van der Waals surface area contributed by atoms with Gasteiger partial charge in [-0.2, -0.15) is 0 Å². The number of aromatic nitrogens is 5. The van der Waals surface area contributed by atoms with Gasteiger partial charge in [-0.15, -0.1) is 10.2 Å². The quantitative estimate of drug-likeness (QED) is 0.293. The molecule has 34 heavy (non-hydrogen) atoms. The number of aryl methyl sites for hydroxylation is 1. The highest BCUT2D eigenvalue weighted by molar-refractivity contribution is 8.00. The first-order chi connectivity index (χ1) is 16.6. The molecule has 1 atom stereocenters. The molecule has 0 amide bonds. The van der Waals surface area contributed by atoms with Crippen LogP contribution in [-0.2, 0) is 7.05 Å². The predicted octanol–water partition coefficient (Wildman–Crippen LogP) is 4.78. The molecule has 0 bridgehead atoms. The molecule has 1 N–H and O–H groups in total. The zero-order valence-electron chi connectivity index (χ0n) is 18.2. The first-order valence-electron chi connectivity index (χ1n) is 10.8. The molecular weight excluding hydrogens is 446 g/mol. The number of benzene rings is 3. The Morgan fingerprint density at radius 2 is 1.62 bits per heavy atom. The summed E-state index contributed by atoms with van der Waals surface area (Å²) in [7, 11) is 1.68. The molecular formula is C26H19N5O2S. The minimum absolute atomic E-state index is 0.0282. The van der Waals surface area contributed by atoms with Crippen molar-refractivity contribution in [2.45, 2.75) is 10.4 Å². The van der Waals surface area contributed by atoms with Gasteiger partial charge in [0.05, 0.1) is 10.9 Å². The van der Waals surface area contributed by atoms with E-state index in [4.69, 9.17) is 0 Å². The average molecular weight is 466 g/mol. The lowest BCUT2D eigenvalue weighted by Gasteiger charge is -2.15. The summed E-state index contributed by atoms with van der Waals surface area (Å²) in [6.45, 7) is 0. The second kappa shape index (κ2) is 8.00. The predicted molar refractivity (Wildman–Crippen MR) is 133 cm³/mol. The first-order valence-corrected chi connectivity index (χ1v) is 11.7. The van der Waals surface area contributed by atoms with Crippen LogP contribution in [0.2, 0.25) is 0 Å². The summed E-state index contributed by atoms with van der Waals surface area (Å²) >= 11 is 1.33. The normalized spacial score (nSPS) is 12.5. The maximum atomic E-state index is 13.9. The molecule has 166 valence electrons. The molecule has 0 fully saturated rings. The number of hydrogen-bond donors (Lipinski definition) is 1. The highest BCUT2D eigenvalue weighted by atomic mass is 32.2. The van der Waals surface area contributed by atoms with Crippen LogP contribution in [-0.4, -0.2) is 29.9 Å². The summed E-state index contributed by atoms with van der Waals surface area (Å²) in [5.74, 6) is 0.400. The van der Waals surface area contributed by atoms with Crippen LogP contribution in [0.4, 0.5) is 0 Å². The lowest BCUT2D eigenvalue weighted by atomic mass is 10.0. The van der Waals surface area contributed by atoms with Gasteiger partial charge in [0.2, 0.25) is 5.78 Å². The molecule has 7 nitrogen and oxygen atoms in total. The molecule has 3 aromatic heterocycles. The third-order valence-electron chi connectivity index (χ3n) is 6.01. The Morgan fingerprint density at radius 1 is 0.912 bits per heavy atom. The van der Waals surface area contributed by atoms with E-state index in [1.54, 1.807) is 19.3 Å². The summed E-state index contributed by atoms with van der Waals surface area (Å²) in [5, 5.41) is 10.1. The van der Waals surface area contributed by atoms with Gasteiger partial charge in [-0.3, -0.25) is 18.6 Å². The lowest BCUT2D eigenvalue weighted by Crippen LogP contribution is -2.20. The van der Waals surface area contributed by atoms with E-state index in [9.17, 15) is 9.59 Å². The van der Waals surface area contributed by atoms with E-state index in [1.807, 2.05) is 77.2 Å². The molecule has 0 aliphatic carbocycles. The Balaban J connectivity index is 1.53. The Kier molecular flexibility index (Phi) is 4.81. The molecule has 8 heteroatoms. The summed E-state index contributed by atoms with van der Waals surface area (Å²) < 4.78 is 3.33. The molecule has 0 aliphatic heterocycles. The van der Waals surface area contributed by atoms with E-state index in [0.29, 0.717) is 27.4 Å². The van der Waals surface area contributed by atoms with E-state index < -0.39 is 5.25 Å². The molecule has 6 aromatic rings. The molecule has 3 heterocycles. The van der Waals surface area contributed by atoms with Crippen molar-refractivity contribution >= 4 is 45.1 Å². The topological polar surface area (TPSA) is 85.0 Å². The second-order valence-electron chi connectivity index (χ2n) is 8.02. The zero-order chi connectivity index (χ0) is 23.2. The largest absolute Gasteiger partial charge is 0.360 e. The second-order valence-corrected chi connectivity index (χ2v) is 9.09. The fraction of sp³-hybridized carbons (Fsp3) is 0.0769. The monoisotopic (exact) mass is 465 g/mol. The van der Waals surface area contributed by atoms with Gasteiger partial charge in [0.15, 0.2) is 10.9 Å². The third kappa shape index (κ3) is 3.14. The van der Waals surface area contributed by atoms with Crippen LogP contribution in [0.25, 0.3) is 27.6 Å². The van der Waals surface area contributed by atoms with Gasteiger partial charge < -0.3 is 4.98 Å². The van der Waals surface area contributed by atoms with Crippen LogP contribution >= 0.6 is 11.8 Å². The van der Waals surface area contributed by atoms with E-state index in [0.717, 1.165) is 16.5 Å². The number of nitrogens with zero attached hydrogens (tertiary/aromatic N) is 4. The van der Waals surface area contributed by atoms with Gasteiger partial charge in [-0.05, 0) is 23.8 Å². The molecule has 0 saturated heterocycles. The number of carbonyl (C=O) groups is 1. The molecule has 6 rings (SSSR count). The van der Waals surface area contributed by atoms with Crippen molar-refractivity contribution in [3.63, 3.8) is 0 Å². The summed E-state index contributed by atoms with van der Waals surface area (Å²) in [5.41, 5.74) is 2.98. The average Bonchev–Trinajstić information content (AvgIpc) is 3.51. The Labute approximate surface area is 198 Å². The van der Waals surface area contributed by atoms with Crippen molar-refractivity contribution in [1.29, 1.82) is 0 Å². The van der Waals surface area contributed by atoms with E-state index >= 15 is 0 Å². The lowest BCUT2D eigenvalue weighted by molar-refractivity contribution is 0.0991. The number of ketones is 1. The van der Waals surface area contributed by atoms with Gasteiger partial charge in [0, 0.05) is 29.7 Å². The van der Waals surface area contributed by atoms with Crippen LogP contribution in [0, 0.1) is 0 Å². The molecule has 0 spiro atoms. The van der Waals surface area contributed by atoms with E-state index in [-0.39, 0.29) is 11.3 Å². The number of para-hydroxylation sites is 2. The minimum atomic E-state index is -0.552. The molecule has 0 saturated carbocycles. The fourth-order valence-corrected chi connectivity index (χ4v) is 5.42. The van der Waals surface area contributed by atoms with Crippen LogP contribution in [0.1, 0.15) is 21.2 Å². The molecule has 1 unspecified atom stereocenters. The van der Waals surface area contributed by atoms with Gasteiger partial charge in [-0.1, -0.05) is 72.4 Å². The number of thioether (sulfide) groups is 1. The number of H-pyrrole nitrogens is 1. The molecule has 0 aliphatic rings. The smallest absolute Gasteiger partial charge is 0.262 e. The van der Waals surface area contributed by atoms with Gasteiger partial charge in [-0.25, -0.2) is 0 Å². The van der Waals surface area contributed by atoms with Crippen molar-refractivity contribution < 1.29 is 4.79 Å². The van der Waals surface area contributed by atoms with Gasteiger partial charge in [0.1, 0.15) is 5.25 Å². The van der Waals surface area contributed by atoms with Crippen molar-refractivity contribution in [3.05, 3.63) is 107 Å². The van der Waals surface area contributed by atoms with Gasteiger partial charge in [0.25, 0.3) is 5.56 Å². The maximum absolute atomic E-state index is 13.9. The van der Waals surface area contributed by atoms with Crippen molar-refractivity contribution in [1.82, 2.24) is 24.1 Å². The summed E-state index contributed by atoms with van der Waals surface area (Å²) in [6, 6.07) is 24.8. The number of hydrogen-bond acceptors (Lipinski definition) is 5. The molecule has 0 radical (unpaired) electrons.